The van der Waals surface area contributed by atoms with Crippen molar-refractivity contribution < 1.29 is 14.0 Å². The number of rotatable bonds is 5. The van der Waals surface area contributed by atoms with E-state index in [1.54, 1.807) is 0 Å². The highest BCUT2D eigenvalue weighted by Crippen LogP contribution is 2.17. The summed E-state index contributed by atoms with van der Waals surface area (Å²) in [5.41, 5.74) is 2.55. The van der Waals surface area contributed by atoms with Crippen molar-refractivity contribution in [1.82, 2.24) is 0 Å². The first-order valence-electron chi connectivity index (χ1n) is 6.70. The first-order valence-corrected chi connectivity index (χ1v) is 7.96. The van der Waals surface area contributed by atoms with Crippen LogP contribution in [0.1, 0.15) is 19.8 Å². The molecule has 0 aromatic heterocycles. The van der Waals surface area contributed by atoms with E-state index in [-0.39, 0.29) is 0 Å². The molecule has 0 amide bonds. The molecular formula is C16H21O3P. The Morgan fingerprint density at radius 2 is 1.40 bits per heavy atom. The molecule has 20 heavy (non-hydrogen) atoms. The normalized spacial score (nSPS) is 11.3. The van der Waals surface area contributed by atoms with Crippen LogP contribution in [0.3, 0.4) is 0 Å². The lowest BCUT2D eigenvalue weighted by Gasteiger charge is -1.98. The van der Waals surface area contributed by atoms with Gasteiger partial charge in [-0.1, -0.05) is 74.0 Å². The molecule has 0 bridgehead atoms. The Morgan fingerprint density at radius 3 is 1.75 bits per heavy atom. The lowest BCUT2D eigenvalue weighted by atomic mass is 10.1. The fraction of sp³-hybridized carbons (Fsp3) is 0.250. The fourth-order valence-corrected chi connectivity index (χ4v) is 1.88. The third kappa shape index (κ3) is 7.25. The van der Waals surface area contributed by atoms with Gasteiger partial charge in [0, 0.05) is 0 Å². The van der Waals surface area contributed by atoms with Crippen LogP contribution in [0.15, 0.2) is 60.7 Å². The van der Waals surface area contributed by atoms with E-state index in [2.05, 4.69) is 53.1 Å². The van der Waals surface area contributed by atoms with Crippen LogP contribution in [0, 0.1) is 0 Å². The van der Waals surface area contributed by atoms with Crippen LogP contribution in [-0.4, -0.2) is 11.5 Å². The van der Waals surface area contributed by atoms with E-state index in [9.17, 15) is 4.57 Å². The van der Waals surface area contributed by atoms with E-state index >= 15 is 0 Å². The zero-order chi connectivity index (χ0) is 14.6. The van der Waals surface area contributed by atoms with Crippen LogP contribution in [0.25, 0.3) is 11.1 Å². The highest BCUT2D eigenvalue weighted by molar-refractivity contribution is 7.32. The van der Waals surface area contributed by atoms with Gasteiger partial charge in [-0.2, -0.15) is 0 Å². The summed E-state index contributed by atoms with van der Waals surface area (Å²) in [4.78, 5) is 8.10. The summed E-state index contributed by atoms with van der Waals surface area (Å²) >= 11 is 0. The average Bonchev–Trinajstić information content (AvgIpc) is 2.50. The van der Waals surface area contributed by atoms with Crippen molar-refractivity contribution in [2.24, 2.45) is 0 Å². The zero-order valence-electron chi connectivity index (χ0n) is 11.7. The summed E-state index contributed by atoms with van der Waals surface area (Å²) in [6.07, 6.45) is 1.85. The van der Waals surface area contributed by atoms with Crippen molar-refractivity contribution in [3.63, 3.8) is 0 Å². The highest BCUT2D eigenvalue weighted by atomic mass is 31.1. The Balaban J connectivity index is 0.000000221. The van der Waals surface area contributed by atoms with E-state index in [1.807, 2.05) is 19.1 Å². The molecule has 0 fully saturated rings. The number of unbranched alkanes of at least 4 members (excludes halogenated alkanes) is 1. The second kappa shape index (κ2) is 10.4. The topological polar surface area (TPSA) is 46.5 Å². The summed E-state index contributed by atoms with van der Waals surface area (Å²) in [6.45, 7) is 2.41. The van der Waals surface area contributed by atoms with Gasteiger partial charge in [-0.25, -0.2) is 0 Å². The molecule has 1 N–H and O–H groups in total. The molecule has 0 aliphatic rings. The van der Waals surface area contributed by atoms with Gasteiger partial charge >= 0.3 is 8.25 Å². The third-order valence-corrected chi connectivity index (χ3v) is 3.06. The molecule has 1 atom stereocenters. The van der Waals surface area contributed by atoms with Crippen LogP contribution < -0.4 is 0 Å². The monoisotopic (exact) mass is 292 g/mol. The average molecular weight is 292 g/mol. The van der Waals surface area contributed by atoms with E-state index in [1.165, 1.54) is 11.1 Å². The smallest absolute Gasteiger partial charge is 0.316 e. The SMILES string of the molecule is CCCCO[PH](=O)O.c1ccc(-c2ccccc2)cc1. The second-order valence-electron chi connectivity index (χ2n) is 4.20. The van der Waals surface area contributed by atoms with Crippen molar-refractivity contribution in [2.45, 2.75) is 19.8 Å². The maximum atomic E-state index is 9.84. The lowest BCUT2D eigenvalue weighted by Crippen LogP contribution is -1.82. The van der Waals surface area contributed by atoms with Crippen molar-refractivity contribution >= 4 is 8.25 Å². The molecular weight excluding hydrogens is 271 g/mol. The Kier molecular flexibility index (Phi) is 8.64. The Labute approximate surface area is 121 Å². The molecule has 0 saturated heterocycles. The van der Waals surface area contributed by atoms with Crippen molar-refractivity contribution in [3.05, 3.63) is 60.7 Å². The molecule has 0 aliphatic heterocycles. The van der Waals surface area contributed by atoms with Gasteiger partial charge < -0.3 is 9.42 Å². The zero-order valence-corrected chi connectivity index (χ0v) is 12.7. The molecule has 4 heteroatoms. The van der Waals surface area contributed by atoms with Gasteiger partial charge in [0.2, 0.25) is 0 Å². The molecule has 0 saturated carbocycles. The minimum atomic E-state index is -2.66. The standard InChI is InChI=1S/C12H10.C4H11O3P/c1-3-7-11(8-4-1)12-9-5-2-6-10-12;1-2-3-4-7-8(5)6/h1-10H;8H,2-4H2,1H3,(H,5,6). The predicted molar refractivity (Wildman–Crippen MR) is 84.0 cm³/mol. The van der Waals surface area contributed by atoms with Crippen LogP contribution in [0.5, 0.6) is 0 Å². The van der Waals surface area contributed by atoms with Crippen molar-refractivity contribution in [1.29, 1.82) is 0 Å². The van der Waals surface area contributed by atoms with Gasteiger partial charge in [-0.15, -0.1) is 0 Å². The molecule has 3 nitrogen and oxygen atoms in total. The predicted octanol–water partition coefficient (Wildman–Crippen LogP) is 4.54. The van der Waals surface area contributed by atoms with Gasteiger partial charge in [0.05, 0.1) is 6.61 Å². The maximum absolute atomic E-state index is 9.84. The molecule has 0 aliphatic carbocycles. The van der Waals surface area contributed by atoms with Gasteiger partial charge in [-0.3, -0.25) is 4.57 Å². The fourth-order valence-electron chi connectivity index (χ4n) is 1.57. The molecule has 108 valence electrons. The van der Waals surface area contributed by atoms with Gasteiger partial charge in [-0.05, 0) is 17.5 Å². The van der Waals surface area contributed by atoms with E-state index in [0.29, 0.717) is 6.61 Å². The Morgan fingerprint density at radius 1 is 0.950 bits per heavy atom. The Hall–Kier alpha value is -1.41. The quantitative estimate of drug-likeness (QED) is 0.650. The summed E-state index contributed by atoms with van der Waals surface area (Å²) in [6, 6.07) is 20.8. The minimum absolute atomic E-state index is 0.408. The van der Waals surface area contributed by atoms with Gasteiger partial charge in [0.25, 0.3) is 0 Å². The Bertz CT molecular complexity index is 448. The first-order chi connectivity index (χ1) is 9.74. The molecule has 0 heterocycles. The highest BCUT2D eigenvalue weighted by Gasteiger charge is 1.91. The molecule has 2 aromatic rings. The molecule has 0 radical (unpaired) electrons. The number of benzene rings is 2. The molecule has 1 unspecified atom stereocenters. The molecule has 2 rings (SSSR count). The maximum Gasteiger partial charge on any atom is 0.316 e. The second-order valence-corrected chi connectivity index (χ2v) is 5.02. The molecule has 0 spiro atoms. The molecule has 2 aromatic carbocycles. The van der Waals surface area contributed by atoms with Crippen LogP contribution in [0.2, 0.25) is 0 Å². The number of hydrogen-bond donors (Lipinski definition) is 1. The lowest BCUT2D eigenvalue weighted by molar-refractivity contribution is 0.276. The summed E-state index contributed by atoms with van der Waals surface area (Å²) in [5.74, 6) is 0. The largest absolute Gasteiger partial charge is 0.326 e. The van der Waals surface area contributed by atoms with E-state index in [4.69, 9.17) is 4.89 Å². The van der Waals surface area contributed by atoms with Crippen LogP contribution in [0.4, 0.5) is 0 Å². The summed E-state index contributed by atoms with van der Waals surface area (Å²) in [5, 5.41) is 0. The van der Waals surface area contributed by atoms with Crippen LogP contribution in [-0.2, 0) is 9.09 Å². The van der Waals surface area contributed by atoms with Crippen molar-refractivity contribution in [2.75, 3.05) is 6.61 Å². The van der Waals surface area contributed by atoms with Gasteiger partial charge in [0.1, 0.15) is 0 Å². The first kappa shape index (κ1) is 16.6. The van der Waals surface area contributed by atoms with E-state index in [0.717, 1.165) is 12.8 Å². The number of hydrogen-bond acceptors (Lipinski definition) is 2. The van der Waals surface area contributed by atoms with Crippen molar-refractivity contribution in [3.8, 4) is 11.1 Å². The summed E-state index contributed by atoms with van der Waals surface area (Å²) < 4.78 is 14.2. The van der Waals surface area contributed by atoms with E-state index < -0.39 is 8.25 Å². The van der Waals surface area contributed by atoms with Crippen LogP contribution >= 0.6 is 8.25 Å². The van der Waals surface area contributed by atoms with Gasteiger partial charge in [0.15, 0.2) is 0 Å². The summed E-state index contributed by atoms with van der Waals surface area (Å²) in [7, 11) is -2.66. The minimum Gasteiger partial charge on any atom is -0.326 e. The third-order valence-electron chi connectivity index (χ3n) is 2.60.